The van der Waals surface area contributed by atoms with Gasteiger partial charge in [0, 0.05) is 49.7 Å². The van der Waals surface area contributed by atoms with E-state index < -0.39 is 8.07 Å². The smallest absolute Gasteiger partial charge is 0.150 e. The Morgan fingerprint density at radius 3 is 1.85 bits per heavy atom. The van der Waals surface area contributed by atoms with Crippen molar-refractivity contribution in [3.05, 3.63) is 168 Å². The molecule has 0 saturated heterocycles. The molecule has 2 aliphatic heterocycles. The predicted octanol–water partition coefficient (Wildman–Crippen LogP) is 13.6. The second-order valence-electron chi connectivity index (χ2n) is 18.1. The number of ether oxygens (including phenoxy) is 1. The van der Waals surface area contributed by atoms with Gasteiger partial charge in [0.1, 0.15) is 13.8 Å². The number of aromatic nitrogens is 2. The number of hydrogen-bond acceptors (Lipinski definition) is 5. The third kappa shape index (κ3) is 4.87. The molecule has 60 heavy (non-hydrogen) atoms. The first kappa shape index (κ1) is 36.2. The lowest BCUT2D eigenvalue weighted by molar-refractivity contribution is 0.457. The summed E-state index contributed by atoms with van der Waals surface area (Å²) in [6, 6.07) is 49.2. The summed E-state index contributed by atoms with van der Waals surface area (Å²) < 4.78 is 7.26. The van der Waals surface area contributed by atoms with Crippen molar-refractivity contribution in [1.82, 2.24) is 9.97 Å². The summed E-state index contributed by atoms with van der Waals surface area (Å²) in [6.07, 6.45) is 3.88. The highest BCUT2D eigenvalue weighted by atomic mass is 32.2. The largest absolute Gasteiger partial charge is 0.454 e. The molecule has 6 heteroatoms. The molecular formula is C54H42N2OS2Si. The molecule has 0 N–H and O–H groups in total. The Kier molecular flexibility index (Phi) is 7.65. The fourth-order valence-electron chi connectivity index (χ4n) is 10.7. The molecule has 0 unspecified atom stereocenters. The van der Waals surface area contributed by atoms with Gasteiger partial charge in [-0.2, -0.15) is 0 Å². The van der Waals surface area contributed by atoms with E-state index in [0.717, 1.165) is 49.4 Å². The van der Waals surface area contributed by atoms with Crippen LogP contribution in [0.1, 0.15) is 49.9 Å². The van der Waals surface area contributed by atoms with Gasteiger partial charge in [0.25, 0.3) is 0 Å². The number of para-hydroxylation sites is 1. The van der Waals surface area contributed by atoms with Gasteiger partial charge in [-0.25, -0.2) is 0 Å². The molecule has 3 nitrogen and oxygen atoms in total. The van der Waals surface area contributed by atoms with Gasteiger partial charge in [-0.15, -0.1) is 0 Å². The van der Waals surface area contributed by atoms with E-state index in [9.17, 15) is 0 Å². The maximum atomic E-state index is 7.26. The minimum absolute atomic E-state index is 0.0610. The third-order valence-corrected chi connectivity index (χ3v) is 20.0. The highest BCUT2D eigenvalue weighted by Gasteiger charge is 2.44. The maximum Gasteiger partial charge on any atom is 0.150 e. The number of pyridine rings is 2. The highest BCUT2D eigenvalue weighted by molar-refractivity contribution is 8.00. The third-order valence-electron chi connectivity index (χ3n) is 13.8. The van der Waals surface area contributed by atoms with E-state index in [0.29, 0.717) is 0 Å². The Labute approximate surface area is 361 Å². The van der Waals surface area contributed by atoms with Crippen LogP contribution in [0.25, 0.3) is 55.9 Å². The van der Waals surface area contributed by atoms with Gasteiger partial charge in [0.05, 0.1) is 21.2 Å². The van der Waals surface area contributed by atoms with Gasteiger partial charge in [-0.1, -0.05) is 161 Å². The zero-order valence-electron chi connectivity index (χ0n) is 34.5. The lowest BCUT2D eigenvalue weighted by Gasteiger charge is -2.36. The molecule has 0 atom stereocenters. The van der Waals surface area contributed by atoms with Gasteiger partial charge in [0.15, 0.2) is 5.75 Å². The summed E-state index contributed by atoms with van der Waals surface area (Å²) in [7, 11) is -2.15. The van der Waals surface area contributed by atoms with Crippen LogP contribution in [0.15, 0.2) is 165 Å². The van der Waals surface area contributed by atoms with E-state index in [-0.39, 0.29) is 10.8 Å². The second kappa shape index (κ2) is 12.7. The first-order valence-electron chi connectivity index (χ1n) is 20.8. The Morgan fingerprint density at radius 1 is 0.450 bits per heavy atom. The molecule has 0 radical (unpaired) electrons. The maximum absolute atomic E-state index is 7.26. The van der Waals surface area contributed by atoms with Gasteiger partial charge in [0.2, 0.25) is 0 Å². The molecule has 0 fully saturated rings. The van der Waals surface area contributed by atoms with Crippen LogP contribution in [0.4, 0.5) is 0 Å². The molecule has 290 valence electrons. The van der Waals surface area contributed by atoms with Crippen LogP contribution >= 0.6 is 23.5 Å². The van der Waals surface area contributed by atoms with E-state index in [2.05, 4.69) is 168 Å². The summed E-state index contributed by atoms with van der Waals surface area (Å²) in [6.45, 7) is 14.5. The van der Waals surface area contributed by atoms with Gasteiger partial charge < -0.3 is 4.74 Å². The Hall–Kier alpha value is -5.66. The van der Waals surface area contributed by atoms with Gasteiger partial charge in [-0.05, 0) is 96.8 Å². The van der Waals surface area contributed by atoms with Crippen molar-refractivity contribution in [3.63, 3.8) is 0 Å². The summed E-state index contributed by atoms with van der Waals surface area (Å²) >= 11 is 3.75. The molecule has 4 aliphatic rings. The number of benzene rings is 6. The zero-order valence-corrected chi connectivity index (χ0v) is 37.1. The summed E-state index contributed by atoms with van der Waals surface area (Å²) in [5.74, 6) is 1.78. The van der Waals surface area contributed by atoms with Gasteiger partial charge >= 0.3 is 0 Å². The quantitative estimate of drug-likeness (QED) is 0.166. The summed E-state index contributed by atoms with van der Waals surface area (Å²) in [4.78, 5) is 15.3. The SMILES string of the molecule is CC1(C)c2ccccc2-c2c1ccc1c2Oc2c(cccc2-c2nccc(-c3cccc4c3Sc3c(ccc5c3-c3ccccc3C5(C)C)[Si]4(C)C)c2-c2ccccn2)S1. The van der Waals surface area contributed by atoms with Crippen LogP contribution in [-0.2, 0) is 10.8 Å². The fourth-order valence-corrected chi connectivity index (χ4v) is 17.4. The van der Waals surface area contributed by atoms with E-state index in [1.54, 1.807) is 11.8 Å². The lowest BCUT2D eigenvalue weighted by Crippen LogP contribution is -2.56. The van der Waals surface area contributed by atoms with E-state index in [1.807, 2.05) is 30.2 Å². The van der Waals surface area contributed by atoms with Crippen molar-refractivity contribution >= 4 is 42.0 Å². The van der Waals surface area contributed by atoms with Crippen LogP contribution in [0.3, 0.4) is 0 Å². The number of rotatable bonds is 3. The molecule has 0 bridgehead atoms. The number of fused-ring (bicyclic) bond motifs is 12. The van der Waals surface area contributed by atoms with Crippen LogP contribution in [0, 0.1) is 0 Å². The minimum atomic E-state index is -2.15. The molecule has 8 aromatic rings. The van der Waals surface area contributed by atoms with Crippen molar-refractivity contribution in [1.29, 1.82) is 0 Å². The Morgan fingerprint density at radius 2 is 1.08 bits per heavy atom. The van der Waals surface area contributed by atoms with Crippen molar-refractivity contribution in [3.8, 4) is 67.4 Å². The molecule has 0 saturated carbocycles. The predicted molar refractivity (Wildman–Crippen MR) is 251 cm³/mol. The highest BCUT2D eigenvalue weighted by Crippen LogP contribution is 2.60. The van der Waals surface area contributed by atoms with Crippen LogP contribution in [-0.4, -0.2) is 18.0 Å². The zero-order chi connectivity index (χ0) is 40.7. The number of nitrogens with zero attached hydrogens (tertiary/aromatic N) is 2. The Balaban J connectivity index is 1.06. The molecule has 2 aliphatic carbocycles. The van der Waals surface area contributed by atoms with Crippen molar-refractivity contribution in [2.45, 2.75) is 71.2 Å². The molecule has 0 spiro atoms. The molecule has 0 amide bonds. The lowest BCUT2D eigenvalue weighted by atomic mass is 9.82. The van der Waals surface area contributed by atoms with Crippen LogP contribution in [0.2, 0.25) is 13.1 Å². The van der Waals surface area contributed by atoms with E-state index in [4.69, 9.17) is 14.7 Å². The second-order valence-corrected chi connectivity index (χ2v) is 24.5. The monoisotopic (exact) mass is 826 g/mol. The van der Waals surface area contributed by atoms with E-state index >= 15 is 0 Å². The van der Waals surface area contributed by atoms with Crippen LogP contribution in [0.5, 0.6) is 11.5 Å². The van der Waals surface area contributed by atoms with Crippen molar-refractivity contribution in [2.24, 2.45) is 0 Å². The standard InChI is InChI=1S/C54H42N2OS2Si/c1-53(2)36-19-9-7-15-33(36)45-38(53)24-26-42-50(45)57-49-35(18-13-22-41(49)58-42)48-47(40-21-11-12-29-55-40)31(28-30-56-48)32-17-14-23-43-51(32)59-52-44(60(43,5)6)27-25-39-46(52)34-16-8-10-20-37(34)54(39,3)4/h7-30H,1-6H3. The fraction of sp³-hybridized carbons (Fsp3) is 0.148. The van der Waals surface area contributed by atoms with Crippen LogP contribution < -0.4 is 15.1 Å². The summed E-state index contributed by atoms with van der Waals surface area (Å²) in [5.41, 5.74) is 16.6. The molecule has 12 rings (SSSR count). The molecule has 4 heterocycles. The average molecular weight is 827 g/mol. The normalized spacial score (nSPS) is 16.2. The van der Waals surface area contributed by atoms with Gasteiger partial charge in [-0.3, -0.25) is 9.97 Å². The minimum Gasteiger partial charge on any atom is -0.454 e. The number of hydrogen-bond donors (Lipinski definition) is 0. The first-order chi connectivity index (χ1) is 29.0. The summed E-state index contributed by atoms with van der Waals surface area (Å²) in [5, 5.41) is 2.99. The van der Waals surface area contributed by atoms with Crippen molar-refractivity contribution in [2.75, 3.05) is 0 Å². The average Bonchev–Trinajstić information content (AvgIpc) is 3.65. The Bertz CT molecular complexity index is 3170. The molecule has 2 aromatic heterocycles. The van der Waals surface area contributed by atoms with E-state index in [1.165, 1.54) is 70.2 Å². The molecule has 6 aromatic carbocycles. The topological polar surface area (TPSA) is 35.0 Å². The molecular weight excluding hydrogens is 785 g/mol. The van der Waals surface area contributed by atoms with Crippen molar-refractivity contribution < 1.29 is 4.74 Å². The first-order valence-corrected chi connectivity index (χ1v) is 25.4.